The fourth-order valence-electron chi connectivity index (χ4n) is 3.41. The van der Waals surface area contributed by atoms with Gasteiger partial charge in [-0.25, -0.2) is 8.42 Å². The fraction of sp³-hybridized carbons (Fsp3) is 0.421. The van der Waals surface area contributed by atoms with Gasteiger partial charge in [0, 0.05) is 12.1 Å². The Morgan fingerprint density at radius 2 is 2.07 bits per heavy atom. The van der Waals surface area contributed by atoms with Crippen molar-refractivity contribution in [3.05, 3.63) is 57.5 Å². The molecular weight excluding hydrogens is 398 g/mol. The summed E-state index contributed by atoms with van der Waals surface area (Å²) in [5.41, 5.74) is 1.52. The number of furan rings is 1. The SMILES string of the molecule is Cc1cc(NC(=O)CN(Cc2ccco2)[C@@H]2CCS(=O)(=O)C2)c([N+](=O)[O-])cc1C. The number of benzene rings is 1. The number of amides is 1. The Labute approximate surface area is 168 Å². The van der Waals surface area contributed by atoms with Crippen LogP contribution >= 0.6 is 0 Å². The first kappa shape index (κ1) is 21.0. The number of hydrogen-bond acceptors (Lipinski definition) is 7. The second-order valence-corrected chi connectivity index (χ2v) is 9.53. The molecule has 1 fully saturated rings. The number of nitrogens with one attached hydrogen (secondary N) is 1. The molecule has 1 N–H and O–H groups in total. The molecule has 1 atom stereocenters. The number of carbonyl (C=O) groups excluding carboxylic acids is 1. The standard InChI is InChI=1S/C19H23N3O6S/c1-13-8-17(18(22(24)25)9-14(13)2)20-19(23)11-21(10-16-4-3-6-28-16)15-5-7-29(26,27)12-15/h3-4,6,8-9,15H,5,7,10-12H2,1-2H3,(H,20,23)/t15-/m1/s1. The van der Waals surface area contributed by atoms with Crippen molar-refractivity contribution in [3.63, 3.8) is 0 Å². The molecule has 0 radical (unpaired) electrons. The maximum Gasteiger partial charge on any atom is 0.293 e. The van der Waals surface area contributed by atoms with E-state index in [2.05, 4.69) is 5.32 Å². The van der Waals surface area contributed by atoms with Crippen LogP contribution in [0.15, 0.2) is 34.9 Å². The Balaban J connectivity index is 1.78. The van der Waals surface area contributed by atoms with Crippen LogP contribution in [-0.2, 0) is 21.2 Å². The van der Waals surface area contributed by atoms with Gasteiger partial charge in [-0.05, 0) is 49.6 Å². The minimum atomic E-state index is -3.14. The summed E-state index contributed by atoms with van der Waals surface area (Å²) in [5.74, 6) is 0.216. The maximum atomic E-state index is 12.7. The van der Waals surface area contributed by atoms with Gasteiger partial charge in [-0.1, -0.05) is 0 Å². The van der Waals surface area contributed by atoms with Gasteiger partial charge in [0.2, 0.25) is 5.91 Å². The molecule has 1 amide bonds. The summed E-state index contributed by atoms with van der Waals surface area (Å²) in [6, 6.07) is 6.16. The molecular formula is C19H23N3O6S. The molecule has 3 rings (SSSR count). The lowest BCUT2D eigenvalue weighted by atomic mass is 10.1. The zero-order chi connectivity index (χ0) is 21.2. The summed E-state index contributed by atoms with van der Waals surface area (Å²) in [6.07, 6.45) is 1.94. The van der Waals surface area contributed by atoms with Gasteiger partial charge in [-0.2, -0.15) is 0 Å². The third-order valence-corrected chi connectivity index (χ3v) is 6.84. The molecule has 1 saturated heterocycles. The third kappa shape index (κ3) is 5.21. The number of anilines is 1. The quantitative estimate of drug-likeness (QED) is 0.538. The fourth-order valence-corrected chi connectivity index (χ4v) is 5.17. The number of sulfone groups is 1. The van der Waals surface area contributed by atoms with Crippen LogP contribution in [-0.4, -0.2) is 48.2 Å². The highest BCUT2D eigenvalue weighted by Crippen LogP contribution is 2.28. The highest BCUT2D eigenvalue weighted by Gasteiger charge is 2.33. The van der Waals surface area contributed by atoms with E-state index < -0.39 is 20.7 Å². The number of nitrogens with zero attached hydrogens (tertiary/aromatic N) is 2. The summed E-state index contributed by atoms with van der Waals surface area (Å²) in [7, 11) is -3.14. The van der Waals surface area contributed by atoms with Gasteiger partial charge in [0.25, 0.3) is 5.69 Å². The molecule has 10 heteroatoms. The zero-order valence-electron chi connectivity index (χ0n) is 16.3. The Bertz CT molecular complexity index is 1020. The molecule has 2 heterocycles. The molecule has 0 saturated carbocycles. The predicted molar refractivity (Wildman–Crippen MR) is 107 cm³/mol. The Morgan fingerprint density at radius 3 is 2.66 bits per heavy atom. The van der Waals surface area contributed by atoms with Crippen LogP contribution in [0, 0.1) is 24.0 Å². The molecule has 1 aliphatic heterocycles. The van der Waals surface area contributed by atoms with E-state index in [9.17, 15) is 23.3 Å². The number of rotatable bonds is 7. The van der Waals surface area contributed by atoms with E-state index in [1.807, 2.05) is 0 Å². The topological polar surface area (TPSA) is 123 Å². The van der Waals surface area contributed by atoms with Crippen molar-refractivity contribution in [3.8, 4) is 0 Å². The minimum Gasteiger partial charge on any atom is -0.468 e. The largest absolute Gasteiger partial charge is 0.468 e. The van der Waals surface area contributed by atoms with Crippen LogP contribution in [0.5, 0.6) is 0 Å². The van der Waals surface area contributed by atoms with Crippen LogP contribution in [0.25, 0.3) is 0 Å². The van der Waals surface area contributed by atoms with Crippen LogP contribution in [0.2, 0.25) is 0 Å². The molecule has 156 valence electrons. The Kier molecular flexibility index (Phi) is 6.04. The third-order valence-electron chi connectivity index (χ3n) is 5.09. The van der Waals surface area contributed by atoms with E-state index in [0.29, 0.717) is 12.2 Å². The Hall–Kier alpha value is -2.72. The van der Waals surface area contributed by atoms with Crippen LogP contribution in [0.1, 0.15) is 23.3 Å². The van der Waals surface area contributed by atoms with Gasteiger partial charge in [-0.15, -0.1) is 0 Å². The predicted octanol–water partition coefficient (Wildman–Crippen LogP) is 2.43. The van der Waals surface area contributed by atoms with Crippen molar-refractivity contribution in [1.82, 2.24) is 4.90 Å². The van der Waals surface area contributed by atoms with Gasteiger partial charge < -0.3 is 9.73 Å². The average molecular weight is 421 g/mol. The smallest absolute Gasteiger partial charge is 0.293 e. The van der Waals surface area contributed by atoms with E-state index in [-0.39, 0.29) is 42.0 Å². The monoisotopic (exact) mass is 421 g/mol. The second-order valence-electron chi connectivity index (χ2n) is 7.30. The van der Waals surface area contributed by atoms with E-state index >= 15 is 0 Å². The molecule has 0 bridgehead atoms. The van der Waals surface area contributed by atoms with Gasteiger partial charge in [-0.3, -0.25) is 19.8 Å². The first-order valence-electron chi connectivity index (χ1n) is 9.17. The molecule has 29 heavy (non-hydrogen) atoms. The molecule has 0 aliphatic carbocycles. The number of nitro groups is 1. The molecule has 2 aromatic rings. The summed E-state index contributed by atoms with van der Waals surface area (Å²) in [6.45, 7) is 3.74. The Morgan fingerprint density at radius 1 is 1.34 bits per heavy atom. The van der Waals surface area contributed by atoms with Gasteiger partial charge >= 0.3 is 0 Å². The average Bonchev–Trinajstić information content (AvgIpc) is 3.26. The molecule has 0 spiro atoms. The van der Waals surface area contributed by atoms with E-state index in [4.69, 9.17) is 4.42 Å². The molecule has 0 unspecified atom stereocenters. The first-order valence-corrected chi connectivity index (χ1v) is 11.0. The zero-order valence-corrected chi connectivity index (χ0v) is 17.1. The van der Waals surface area contributed by atoms with Crippen LogP contribution < -0.4 is 5.32 Å². The number of hydrogen-bond donors (Lipinski definition) is 1. The molecule has 1 aliphatic rings. The number of aryl methyl sites for hydroxylation is 2. The van der Waals surface area contributed by atoms with E-state index in [1.165, 1.54) is 12.3 Å². The number of carbonyl (C=O) groups is 1. The summed E-state index contributed by atoms with van der Waals surface area (Å²) < 4.78 is 29.1. The molecule has 1 aromatic carbocycles. The highest BCUT2D eigenvalue weighted by atomic mass is 32.2. The summed E-state index contributed by atoms with van der Waals surface area (Å²) in [4.78, 5) is 25.2. The molecule has 9 nitrogen and oxygen atoms in total. The van der Waals surface area contributed by atoms with Crippen molar-refractivity contribution >= 4 is 27.1 Å². The van der Waals surface area contributed by atoms with Crippen molar-refractivity contribution in [2.75, 3.05) is 23.4 Å². The van der Waals surface area contributed by atoms with Crippen molar-refractivity contribution in [2.45, 2.75) is 32.9 Å². The van der Waals surface area contributed by atoms with Gasteiger partial charge in [0.05, 0.1) is 35.8 Å². The van der Waals surface area contributed by atoms with E-state index in [0.717, 1.165) is 11.1 Å². The number of nitro benzene ring substituents is 1. The van der Waals surface area contributed by atoms with Gasteiger partial charge in [0.15, 0.2) is 9.84 Å². The second kappa shape index (κ2) is 8.34. The van der Waals surface area contributed by atoms with Crippen LogP contribution in [0.4, 0.5) is 11.4 Å². The van der Waals surface area contributed by atoms with Gasteiger partial charge in [0.1, 0.15) is 11.4 Å². The van der Waals surface area contributed by atoms with Crippen molar-refractivity contribution < 1.29 is 22.6 Å². The lowest BCUT2D eigenvalue weighted by Crippen LogP contribution is -2.41. The first-order chi connectivity index (χ1) is 13.6. The van der Waals surface area contributed by atoms with Crippen molar-refractivity contribution in [2.24, 2.45) is 0 Å². The van der Waals surface area contributed by atoms with Crippen LogP contribution in [0.3, 0.4) is 0 Å². The highest BCUT2D eigenvalue weighted by molar-refractivity contribution is 7.91. The molecule has 1 aromatic heterocycles. The summed E-state index contributed by atoms with van der Waals surface area (Å²) >= 11 is 0. The normalized spacial score (nSPS) is 18.1. The summed E-state index contributed by atoms with van der Waals surface area (Å²) in [5, 5.41) is 14.0. The minimum absolute atomic E-state index is 0.0230. The van der Waals surface area contributed by atoms with Crippen molar-refractivity contribution in [1.29, 1.82) is 0 Å². The lowest BCUT2D eigenvalue weighted by molar-refractivity contribution is -0.384. The maximum absolute atomic E-state index is 12.7. The van der Waals surface area contributed by atoms with E-state index in [1.54, 1.807) is 36.9 Å². The lowest BCUT2D eigenvalue weighted by Gasteiger charge is -2.26.